The quantitative estimate of drug-likeness (QED) is 0.604. The molecular weight excluding hydrogens is 134 g/mol. The molecule has 3 aliphatic rings. The molecule has 3 fully saturated rings. The van der Waals surface area contributed by atoms with E-state index in [1.165, 1.54) is 45.1 Å². The fraction of sp³-hybridized carbons (Fsp3) is 1.00. The van der Waals surface area contributed by atoms with E-state index in [4.69, 9.17) is 0 Å². The van der Waals surface area contributed by atoms with Crippen LogP contribution in [0.2, 0.25) is 0 Å². The summed E-state index contributed by atoms with van der Waals surface area (Å²) in [7, 11) is 0. The number of hydrogen-bond acceptors (Lipinski definition) is 1. The molecule has 1 N–H and O–H groups in total. The van der Waals surface area contributed by atoms with Crippen LogP contribution in [0.25, 0.3) is 0 Å². The number of rotatable bonds is 1. The predicted octanol–water partition coefficient (Wildman–Crippen LogP) is 1.93. The van der Waals surface area contributed by atoms with Crippen LogP contribution < -0.4 is 5.32 Å². The average molecular weight is 151 g/mol. The van der Waals surface area contributed by atoms with Crippen molar-refractivity contribution in [2.45, 2.75) is 44.1 Å². The summed E-state index contributed by atoms with van der Waals surface area (Å²) in [6.07, 6.45) is 9.02. The molecule has 1 heterocycles. The average Bonchev–Trinajstić information content (AvgIpc) is 2.47. The van der Waals surface area contributed by atoms with Gasteiger partial charge in [-0.1, -0.05) is 19.3 Å². The molecule has 0 bridgehead atoms. The minimum absolute atomic E-state index is 0.681. The van der Waals surface area contributed by atoms with E-state index >= 15 is 0 Å². The van der Waals surface area contributed by atoms with Gasteiger partial charge in [0.25, 0.3) is 0 Å². The van der Waals surface area contributed by atoms with Crippen LogP contribution >= 0.6 is 0 Å². The summed E-state index contributed by atoms with van der Waals surface area (Å²) in [6, 6.07) is 0. The fourth-order valence-corrected chi connectivity index (χ4v) is 2.77. The smallest absolute Gasteiger partial charge is 0.0186 e. The van der Waals surface area contributed by atoms with Gasteiger partial charge in [-0.05, 0) is 37.6 Å². The van der Waals surface area contributed by atoms with Gasteiger partial charge in [-0.15, -0.1) is 0 Å². The van der Waals surface area contributed by atoms with E-state index in [-0.39, 0.29) is 0 Å². The molecule has 0 aromatic carbocycles. The highest BCUT2D eigenvalue weighted by molar-refractivity contribution is 5.08. The topological polar surface area (TPSA) is 12.0 Å². The molecule has 0 aromatic heterocycles. The lowest BCUT2D eigenvalue weighted by Gasteiger charge is -2.30. The molecule has 2 aliphatic carbocycles. The van der Waals surface area contributed by atoms with Crippen molar-refractivity contribution in [1.29, 1.82) is 0 Å². The zero-order chi connectivity index (χ0) is 7.31. The summed E-state index contributed by atoms with van der Waals surface area (Å²) < 4.78 is 0. The van der Waals surface area contributed by atoms with E-state index in [0.29, 0.717) is 5.54 Å². The van der Waals surface area contributed by atoms with Crippen LogP contribution in [-0.4, -0.2) is 12.1 Å². The minimum atomic E-state index is 0.681. The maximum Gasteiger partial charge on any atom is 0.0186 e. The van der Waals surface area contributed by atoms with Gasteiger partial charge in [0.1, 0.15) is 0 Å². The molecule has 11 heavy (non-hydrogen) atoms. The fourth-order valence-electron chi connectivity index (χ4n) is 2.77. The van der Waals surface area contributed by atoms with Crippen molar-refractivity contribution < 1.29 is 0 Å². The molecule has 1 atom stereocenters. The van der Waals surface area contributed by atoms with Gasteiger partial charge in [-0.2, -0.15) is 0 Å². The van der Waals surface area contributed by atoms with Crippen LogP contribution in [0, 0.1) is 11.8 Å². The van der Waals surface area contributed by atoms with Crippen molar-refractivity contribution in [3.63, 3.8) is 0 Å². The molecule has 1 spiro atoms. The molecule has 1 aliphatic heterocycles. The summed E-state index contributed by atoms with van der Waals surface area (Å²) in [5.74, 6) is 2.17. The van der Waals surface area contributed by atoms with Gasteiger partial charge in [0, 0.05) is 5.54 Å². The molecular formula is C10H17N. The molecule has 1 heteroatoms. The first-order valence-electron chi connectivity index (χ1n) is 5.13. The van der Waals surface area contributed by atoms with Crippen LogP contribution in [0.1, 0.15) is 38.5 Å². The Kier molecular flexibility index (Phi) is 1.18. The van der Waals surface area contributed by atoms with Crippen LogP contribution in [0.15, 0.2) is 0 Å². The van der Waals surface area contributed by atoms with Gasteiger partial charge in [0.05, 0.1) is 0 Å². The minimum Gasteiger partial charge on any atom is -0.311 e. The molecule has 0 amide bonds. The first kappa shape index (κ1) is 6.47. The standard InChI is InChI=1S/C10H17N/c1-2-8(3-1)9-6-10(4-5-10)11-7-9/h8-9,11H,1-7H2. The lowest BCUT2D eigenvalue weighted by atomic mass is 9.75. The third-order valence-electron chi connectivity index (χ3n) is 4.06. The highest BCUT2D eigenvalue weighted by Gasteiger charge is 2.50. The Morgan fingerprint density at radius 3 is 2.36 bits per heavy atom. The van der Waals surface area contributed by atoms with Gasteiger partial charge >= 0.3 is 0 Å². The SMILES string of the molecule is C1CC(C2CNC3(CC3)C2)C1. The molecule has 2 saturated carbocycles. The Balaban J connectivity index is 1.64. The molecule has 1 saturated heterocycles. The summed E-state index contributed by atoms with van der Waals surface area (Å²) in [4.78, 5) is 0. The Labute approximate surface area is 68.6 Å². The van der Waals surface area contributed by atoms with Crippen LogP contribution in [0.4, 0.5) is 0 Å². The summed E-state index contributed by atoms with van der Waals surface area (Å²) >= 11 is 0. The Hall–Kier alpha value is -0.0400. The lowest BCUT2D eigenvalue weighted by Crippen LogP contribution is -2.24. The van der Waals surface area contributed by atoms with Gasteiger partial charge in [0.2, 0.25) is 0 Å². The normalized spacial score (nSPS) is 40.9. The lowest BCUT2D eigenvalue weighted by molar-refractivity contribution is 0.217. The molecule has 1 unspecified atom stereocenters. The Bertz CT molecular complexity index is 168. The molecule has 3 rings (SSSR count). The van der Waals surface area contributed by atoms with Crippen molar-refractivity contribution in [3.05, 3.63) is 0 Å². The number of nitrogens with one attached hydrogen (secondary N) is 1. The maximum absolute atomic E-state index is 3.71. The van der Waals surface area contributed by atoms with E-state index in [9.17, 15) is 0 Å². The summed E-state index contributed by atoms with van der Waals surface area (Å²) in [5.41, 5.74) is 0.681. The first-order valence-corrected chi connectivity index (χ1v) is 5.13. The van der Waals surface area contributed by atoms with Crippen molar-refractivity contribution in [2.24, 2.45) is 11.8 Å². The molecule has 0 aromatic rings. The first-order chi connectivity index (χ1) is 5.38. The summed E-state index contributed by atoms with van der Waals surface area (Å²) in [6.45, 7) is 1.34. The van der Waals surface area contributed by atoms with E-state index in [1.54, 1.807) is 0 Å². The van der Waals surface area contributed by atoms with Crippen molar-refractivity contribution >= 4 is 0 Å². The van der Waals surface area contributed by atoms with Gasteiger partial charge in [-0.25, -0.2) is 0 Å². The van der Waals surface area contributed by atoms with E-state index in [2.05, 4.69) is 5.32 Å². The molecule has 62 valence electrons. The number of hydrogen-bond donors (Lipinski definition) is 1. The van der Waals surface area contributed by atoms with Crippen molar-refractivity contribution in [2.75, 3.05) is 6.54 Å². The Morgan fingerprint density at radius 2 is 1.91 bits per heavy atom. The largest absolute Gasteiger partial charge is 0.311 e. The highest BCUT2D eigenvalue weighted by Crippen LogP contribution is 2.49. The second-order valence-corrected chi connectivity index (χ2v) is 4.82. The summed E-state index contributed by atoms with van der Waals surface area (Å²) in [5, 5.41) is 3.71. The monoisotopic (exact) mass is 151 g/mol. The maximum atomic E-state index is 3.71. The van der Waals surface area contributed by atoms with Crippen LogP contribution in [0.3, 0.4) is 0 Å². The second-order valence-electron chi connectivity index (χ2n) is 4.82. The zero-order valence-corrected chi connectivity index (χ0v) is 7.10. The van der Waals surface area contributed by atoms with Gasteiger partial charge in [-0.3, -0.25) is 0 Å². The van der Waals surface area contributed by atoms with Crippen LogP contribution in [-0.2, 0) is 0 Å². The van der Waals surface area contributed by atoms with Crippen molar-refractivity contribution in [3.8, 4) is 0 Å². The second kappa shape index (κ2) is 2.01. The molecule has 1 nitrogen and oxygen atoms in total. The Morgan fingerprint density at radius 1 is 1.09 bits per heavy atom. The highest BCUT2D eigenvalue weighted by atomic mass is 15.1. The van der Waals surface area contributed by atoms with E-state index in [0.717, 1.165) is 11.8 Å². The predicted molar refractivity (Wildman–Crippen MR) is 45.4 cm³/mol. The van der Waals surface area contributed by atoms with E-state index < -0.39 is 0 Å². The van der Waals surface area contributed by atoms with Crippen molar-refractivity contribution in [1.82, 2.24) is 5.32 Å². The zero-order valence-electron chi connectivity index (χ0n) is 7.10. The van der Waals surface area contributed by atoms with E-state index in [1.807, 2.05) is 0 Å². The van der Waals surface area contributed by atoms with Crippen LogP contribution in [0.5, 0.6) is 0 Å². The third-order valence-corrected chi connectivity index (χ3v) is 4.06. The van der Waals surface area contributed by atoms with Gasteiger partial charge < -0.3 is 5.32 Å². The third kappa shape index (κ3) is 0.936. The van der Waals surface area contributed by atoms with Gasteiger partial charge in [0.15, 0.2) is 0 Å². The molecule has 0 radical (unpaired) electrons.